The Kier molecular flexibility index (Phi) is 5.90. The number of aromatic nitrogens is 4. The summed E-state index contributed by atoms with van der Waals surface area (Å²) in [7, 11) is 1.57. The zero-order valence-corrected chi connectivity index (χ0v) is 16.9. The second-order valence-electron chi connectivity index (χ2n) is 6.48. The predicted molar refractivity (Wildman–Crippen MR) is 111 cm³/mol. The molecule has 0 bridgehead atoms. The maximum atomic E-state index is 14.0. The molecule has 6 nitrogen and oxygen atoms in total. The number of nitrogens with zero attached hydrogens (tertiary/aromatic N) is 4. The van der Waals surface area contributed by atoms with E-state index in [1.165, 1.54) is 10.9 Å². The smallest absolute Gasteiger partial charge is 0.205 e. The van der Waals surface area contributed by atoms with Crippen molar-refractivity contribution in [3.8, 4) is 22.9 Å². The van der Waals surface area contributed by atoms with Crippen molar-refractivity contribution in [3.63, 3.8) is 0 Å². The van der Waals surface area contributed by atoms with Crippen LogP contribution in [-0.2, 0) is 13.2 Å². The third kappa shape index (κ3) is 4.41. The Morgan fingerprint density at radius 3 is 2.60 bits per heavy atom. The second kappa shape index (κ2) is 8.92. The van der Waals surface area contributed by atoms with E-state index < -0.39 is 5.82 Å². The van der Waals surface area contributed by atoms with E-state index in [0.29, 0.717) is 40.1 Å². The fraction of sp³-hybridized carbons (Fsp3) is 0.136. The molecule has 1 heterocycles. The molecule has 1 aromatic heterocycles. The summed E-state index contributed by atoms with van der Waals surface area (Å²) in [6.07, 6.45) is 0. The molecule has 0 aliphatic heterocycles. The number of methoxy groups -OCH3 is 1. The minimum Gasteiger partial charge on any atom is -0.493 e. The van der Waals surface area contributed by atoms with Crippen LogP contribution >= 0.6 is 11.6 Å². The molecule has 4 aromatic rings. The average Bonchev–Trinajstić information content (AvgIpc) is 3.24. The molecule has 0 radical (unpaired) electrons. The van der Waals surface area contributed by atoms with Gasteiger partial charge in [0.2, 0.25) is 5.82 Å². The van der Waals surface area contributed by atoms with Crippen LogP contribution in [0.25, 0.3) is 11.4 Å². The van der Waals surface area contributed by atoms with Crippen molar-refractivity contribution in [3.05, 3.63) is 88.7 Å². The summed E-state index contributed by atoms with van der Waals surface area (Å²) < 4.78 is 25.3. The first-order valence-corrected chi connectivity index (χ1v) is 9.57. The molecular formula is C22H18ClFN4O2. The van der Waals surface area contributed by atoms with Crippen molar-refractivity contribution in [2.75, 3.05) is 7.11 Å². The predicted octanol–water partition coefficient (Wildman–Crippen LogP) is 4.77. The molecule has 30 heavy (non-hydrogen) atoms. The van der Waals surface area contributed by atoms with Crippen molar-refractivity contribution in [2.24, 2.45) is 0 Å². The number of benzene rings is 3. The van der Waals surface area contributed by atoms with Gasteiger partial charge in [0.25, 0.3) is 0 Å². The van der Waals surface area contributed by atoms with Crippen LogP contribution in [0.5, 0.6) is 11.5 Å². The Bertz CT molecular complexity index is 1130. The summed E-state index contributed by atoms with van der Waals surface area (Å²) in [5, 5.41) is 12.7. The van der Waals surface area contributed by atoms with E-state index in [1.807, 2.05) is 36.4 Å². The third-order valence-corrected chi connectivity index (χ3v) is 4.83. The summed E-state index contributed by atoms with van der Waals surface area (Å²) in [4.78, 5) is 1.30. The highest BCUT2D eigenvalue weighted by molar-refractivity contribution is 6.31. The van der Waals surface area contributed by atoms with Crippen molar-refractivity contribution < 1.29 is 13.9 Å². The molecule has 0 saturated heterocycles. The molecular weight excluding hydrogens is 407 g/mol. The van der Waals surface area contributed by atoms with Crippen LogP contribution in [-0.4, -0.2) is 27.3 Å². The summed E-state index contributed by atoms with van der Waals surface area (Å²) in [5.41, 5.74) is 2.06. The Morgan fingerprint density at radius 2 is 1.83 bits per heavy atom. The largest absolute Gasteiger partial charge is 0.493 e. The molecule has 0 aliphatic carbocycles. The van der Waals surface area contributed by atoms with Crippen molar-refractivity contribution in [2.45, 2.75) is 13.2 Å². The quantitative estimate of drug-likeness (QED) is 0.427. The minimum atomic E-state index is -0.414. The molecule has 8 heteroatoms. The molecule has 0 fully saturated rings. The van der Waals surface area contributed by atoms with Gasteiger partial charge >= 0.3 is 0 Å². The Hall–Kier alpha value is -3.45. The van der Waals surface area contributed by atoms with E-state index in [1.54, 1.807) is 31.4 Å². The van der Waals surface area contributed by atoms with Crippen molar-refractivity contribution in [1.82, 2.24) is 20.2 Å². The van der Waals surface area contributed by atoms with E-state index in [9.17, 15) is 4.39 Å². The third-order valence-electron chi connectivity index (χ3n) is 4.47. The molecule has 0 unspecified atom stereocenters. The van der Waals surface area contributed by atoms with Gasteiger partial charge in [0, 0.05) is 16.1 Å². The van der Waals surface area contributed by atoms with Gasteiger partial charge < -0.3 is 9.47 Å². The van der Waals surface area contributed by atoms with Gasteiger partial charge in [0.05, 0.1) is 13.7 Å². The van der Waals surface area contributed by atoms with Gasteiger partial charge in [0.15, 0.2) is 11.5 Å². The lowest BCUT2D eigenvalue weighted by atomic mass is 10.2. The first-order chi connectivity index (χ1) is 14.6. The highest BCUT2D eigenvalue weighted by Gasteiger charge is 2.14. The maximum Gasteiger partial charge on any atom is 0.205 e. The molecule has 0 saturated carbocycles. The normalized spacial score (nSPS) is 10.8. The second-order valence-corrected chi connectivity index (χ2v) is 6.89. The van der Waals surface area contributed by atoms with Gasteiger partial charge in [0.1, 0.15) is 12.4 Å². The van der Waals surface area contributed by atoms with Gasteiger partial charge in [-0.15, -0.1) is 10.2 Å². The van der Waals surface area contributed by atoms with Crippen LogP contribution in [0.15, 0.2) is 66.7 Å². The van der Waals surface area contributed by atoms with Crippen LogP contribution in [0.3, 0.4) is 0 Å². The highest BCUT2D eigenvalue weighted by Crippen LogP contribution is 2.32. The van der Waals surface area contributed by atoms with Gasteiger partial charge in [-0.25, -0.2) is 4.39 Å². The van der Waals surface area contributed by atoms with Gasteiger partial charge in [-0.05, 0) is 41.1 Å². The average molecular weight is 425 g/mol. The first-order valence-electron chi connectivity index (χ1n) is 9.20. The molecule has 0 amide bonds. The molecule has 0 spiro atoms. The monoisotopic (exact) mass is 424 g/mol. The molecule has 0 atom stereocenters. The van der Waals surface area contributed by atoms with Crippen LogP contribution < -0.4 is 9.47 Å². The topological polar surface area (TPSA) is 62.1 Å². The minimum absolute atomic E-state index is 0.0773. The Labute approximate surface area is 177 Å². The number of halogens is 2. The van der Waals surface area contributed by atoms with E-state index in [0.717, 1.165) is 5.56 Å². The van der Waals surface area contributed by atoms with Crippen LogP contribution in [0.1, 0.15) is 11.1 Å². The zero-order chi connectivity index (χ0) is 20.9. The Morgan fingerprint density at radius 1 is 1.00 bits per heavy atom. The van der Waals surface area contributed by atoms with Crippen molar-refractivity contribution in [1.29, 1.82) is 0 Å². The van der Waals surface area contributed by atoms with E-state index in [4.69, 9.17) is 21.1 Å². The van der Waals surface area contributed by atoms with E-state index in [-0.39, 0.29) is 6.54 Å². The molecule has 152 valence electrons. The van der Waals surface area contributed by atoms with Gasteiger partial charge in [-0.3, -0.25) is 0 Å². The standard InChI is InChI=1S/C22H18ClFN4O2/c1-29-21-12-16(10-11-20(21)30-14-15-6-3-2-4-7-15)22-25-27-28(26-22)13-17-18(23)8-5-9-19(17)24/h2-12H,13-14H2,1H3. The van der Waals surface area contributed by atoms with E-state index >= 15 is 0 Å². The number of hydrogen-bond donors (Lipinski definition) is 0. The molecule has 3 aromatic carbocycles. The maximum absolute atomic E-state index is 14.0. The number of hydrogen-bond acceptors (Lipinski definition) is 5. The molecule has 0 N–H and O–H groups in total. The summed E-state index contributed by atoms with van der Waals surface area (Å²) >= 11 is 6.07. The first kappa shape index (κ1) is 19.8. The molecule has 4 rings (SSSR count). The van der Waals surface area contributed by atoms with Crippen LogP contribution in [0.4, 0.5) is 4.39 Å². The number of ether oxygens (including phenoxy) is 2. The van der Waals surface area contributed by atoms with E-state index in [2.05, 4.69) is 15.4 Å². The highest BCUT2D eigenvalue weighted by atomic mass is 35.5. The number of rotatable bonds is 7. The van der Waals surface area contributed by atoms with Gasteiger partial charge in [-0.1, -0.05) is 48.0 Å². The zero-order valence-electron chi connectivity index (χ0n) is 16.1. The van der Waals surface area contributed by atoms with Crippen LogP contribution in [0, 0.1) is 5.82 Å². The summed E-state index contributed by atoms with van der Waals surface area (Å²) in [5.74, 6) is 1.13. The lowest BCUT2D eigenvalue weighted by Gasteiger charge is -2.11. The number of tetrazole rings is 1. The SMILES string of the molecule is COc1cc(-c2nnn(Cc3c(F)cccc3Cl)n2)ccc1OCc1ccccc1. The lowest BCUT2D eigenvalue weighted by molar-refractivity contribution is 0.284. The lowest BCUT2D eigenvalue weighted by Crippen LogP contribution is -2.06. The van der Waals surface area contributed by atoms with Crippen molar-refractivity contribution >= 4 is 11.6 Å². The summed E-state index contributed by atoms with van der Waals surface area (Å²) in [6, 6.07) is 19.8. The fourth-order valence-electron chi connectivity index (χ4n) is 2.91. The summed E-state index contributed by atoms with van der Waals surface area (Å²) in [6.45, 7) is 0.502. The van der Waals surface area contributed by atoms with Gasteiger partial charge in [-0.2, -0.15) is 4.80 Å². The molecule has 0 aliphatic rings. The fourth-order valence-corrected chi connectivity index (χ4v) is 3.13. The van der Waals surface area contributed by atoms with Crippen LogP contribution in [0.2, 0.25) is 5.02 Å². The Balaban J connectivity index is 1.52.